The predicted molar refractivity (Wildman–Crippen MR) is 273 cm³/mol. The molecule has 0 amide bonds. The van der Waals surface area contributed by atoms with Gasteiger partial charge < -0.3 is 0 Å². The minimum atomic E-state index is 1.32. The van der Waals surface area contributed by atoms with E-state index in [0.717, 1.165) is 0 Å². The molecule has 0 nitrogen and oxygen atoms in total. The van der Waals surface area contributed by atoms with Crippen LogP contribution in [0.2, 0.25) is 0 Å². The van der Waals surface area contributed by atoms with Gasteiger partial charge in [0, 0.05) is 0 Å². The average Bonchev–Trinajstić information content (AvgIpc) is 3.21. The number of hydrogen-bond acceptors (Lipinski definition) is 0. The maximum Gasteiger partial charge on any atom is -0.0536 e. The minimum Gasteiger partial charge on any atom is -0.0654 e. The molecule has 0 aromatic rings. The highest BCUT2D eigenvalue weighted by atomic mass is 13.8. The third-order valence-electron chi connectivity index (χ3n) is 7.70. The molecule has 0 heterocycles. The van der Waals surface area contributed by atoms with Gasteiger partial charge in [-0.2, -0.15) is 0 Å². The third kappa shape index (κ3) is 307. The molecule has 0 heteroatoms. The Hall–Kier alpha value is 0. The molecule has 0 aromatic carbocycles. The molecule has 0 aliphatic heterocycles. The monoisotopic (exact) mass is 779 g/mol. The first-order valence-electron chi connectivity index (χ1n) is 26.1. The molecule has 346 valence electrons. The summed E-state index contributed by atoms with van der Waals surface area (Å²) in [6, 6.07) is 0. The van der Waals surface area contributed by atoms with E-state index in [2.05, 4.69) is 152 Å². The fourth-order valence-electron chi connectivity index (χ4n) is 2.91. The summed E-state index contributed by atoms with van der Waals surface area (Å²) in [7, 11) is 0. The van der Waals surface area contributed by atoms with Crippen molar-refractivity contribution in [1.29, 1.82) is 0 Å². The molecule has 0 saturated heterocycles. The van der Waals surface area contributed by atoms with Gasteiger partial charge in [-0.15, -0.1) is 0 Å². The Kier molecular flexibility index (Phi) is 213. The summed E-state index contributed by atoms with van der Waals surface area (Å²) in [6.07, 6.45) is 43.5. The molecule has 0 spiro atoms. The van der Waals surface area contributed by atoms with Crippen LogP contribution in [0, 0.1) is 0 Å². The van der Waals surface area contributed by atoms with E-state index >= 15 is 0 Å². The number of unbranched alkanes of at least 4 members (excludes halogenated alkanes) is 21. The first kappa shape index (κ1) is 82.0. The van der Waals surface area contributed by atoms with Crippen molar-refractivity contribution in [3.05, 3.63) is 0 Å². The zero-order valence-corrected chi connectivity index (χ0v) is 44.6. The molecule has 0 bridgehead atoms. The lowest BCUT2D eigenvalue weighted by atomic mass is 10.2. The van der Waals surface area contributed by atoms with E-state index in [9.17, 15) is 0 Å². The van der Waals surface area contributed by atoms with Gasteiger partial charge >= 0.3 is 0 Å². The molecule has 0 fully saturated rings. The van der Waals surface area contributed by atoms with Gasteiger partial charge in [0.1, 0.15) is 0 Å². The maximum absolute atomic E-state index is 2.23. The van der Waals surface area contributed by atoms with E-state index in [0.29, 0.717) is 0 Å². The zero-order chi connectivity index (χ0) is 44.6. The Morgan fingerprint density at radius 1 is 0.0926 bits per heavy atom. The van der Waals surface area contributed by atoms with Crippen LogP contribution in [-0.2, 0) is 0 Å². The van der Waals surface area contributed by atoms with Gasteiger partial charge in [-0.3, -0.25) is 0 Å². The Labute approximate surface area is 356 Å². The van der Waals surface area contributed by atoms with Crippen LogP contribution in [0.25, 0.3) is 0 Å². The van der Waals surface area contributed by atoms with Gasteiger partial charge in [-0.1, -0.05) is 358 Å². The summed E-state index contributed by atoms with van der Waals surface area (Å²) in [6.45, 7) is 48.5. The van der Waals surface area contributed by atoms with E-state index < -0.39 is 0 Å². The van der Waals surface area contributed by atoms with E-state index in [1.54, 1.807) is 0 Å². The smallest absolute Gasteiger partial charge is 0.0536 e. The van der Waals surface area contributed by atoms with E-state index in [4.69, 9.17) is 0 Å². The average molecular weight is 780 g/mol. The van der Waals surface area contributed by atoms with E-state index in [1.807, 2.05) is 0 Å². The van der Waals surface area contributed by atoms with Crippen molar-refractivity contribution in [3.8, 4) is 0 Å². The number of hydrogen-bond donors (Lipinski definition) is 0. The van der Waals surface area contributed by atoms with Crippen LogP contribution in [0.5, 0.6) is 0 Å². The van der Waals surface area contributed by atoms with Crippen molar-refractivity contribution in [2.75, 3.05) is 0 Å². The predicted octanol–water partition coefficient (Wildman–Crippen LogP) is 23.8. The molecule has 0 aromatic heterocycles. The molecule has 0 radical (unpaired) electrons. The summed E-state index contributed by atoms with van der Waals surface area (Å²) in [5.41, 5.74) is 0. The molecule has 0 N–H and O–H groups in total. The van der Waals surface area contributed by atoms with Crippen molar-refractivity contribution in [1.82, 2.24) is 0 Å². The van der Waals surface area contributed by atoms with Crippen LogP contribution in [-0.4, -0.2) is 0 Å². The first-order chi connectivity index (χ1) is 26.1. The second kappa shape index (κ2) is 140. The quantitative estimate of drug-likeness (QED) is 0.102. The van der Waals surface area contributed by atoms with E-state index in [-0.39, 0.29) is 0 Å². The van der Waals surface area contributed by atoms with Crippen LogP contribution in [0.15, 0.2) is 0 Å². The normalized spacial score (nSPS) is 8.33. The largest absolute Gasteiger partial charge is 0.0654 e. The van der Waals surface area contributed by atoms with E-state index in [1.165, 1.54) is 205 Å². The van der Waals surface area contributed by atoms with Crippen LogP contribution in [0.4, 0.5) is 0 Å². The van der Waals surface area contributed by atoms with Gasteiger partial charge in [-0.05, 0) is 0 Å². The van der Waals surface area contributed by atoms with Crippen LogP contribution < -0.4 is 0 Å². The van der Waals surface area contributed by atoms with Gasteiger partial charge in [0.15, 0.2) is 0 Å². The molecule has 0 atom stereocenters. The Morgan fingerprint density at radius 3 is 0.185 bits per heavy atom. The molecule has 54 heavy (non-hydrogen) atoms. The Balaban J connectivity index is -0.0000000420. The highest BCUT2D eigenvalue weighted by molar-refractivity contribution is 4.32. The first-order valence-corrected chi connectivity index (χ1v) is 26.1. The highest BCUT2D eigenvalue weighted by Crippen LogP contribution is 1.97. The standard InChI is InChI=1S/3C6H14.4C5H12.4C4H10/c3*1-3-5-6-4-2;4*1-3-5-4-2;4*1-3-4-2/h3*3-6H2,1-2H3;4*3-5H2,1-2H3;4*3-4H2,1-2H3. The van der Waals surface area contributed by atoms with Crippen LogP contribution in [0.1, 0.15) is 358 Å². The molecule has 0 rings (SSSR count). The van der Waals surface area contributed by atoms with Crippen molar-refractivity contribution < 1.29 is 0 Å². The summed E-state index contributed by atoms with van der Waals surface area (Å²) >= 11 is 0. The lowest BCUT2D eigenvalue weighted by Crippen LogP contribution is -1.66. The number of rotatable bonds is 21. The van der Waals surface area contributed by atoms with Crippen molar-refractivity contribution in [2.24, 2.45) is 0 Å². The van der Waals surface area contributed by atoms with Crippen LogP contribution in [0.3, 0.4) is 0 Å². The topological polar surface area (TPSA) is 0 Å². The summed E-state index contributed by atoms with van der Waals surface area (Å²) in [5, 5.41) is 0. The SMILES string of the molecule is CCCC.CCCC.CCCC.CCCC.CCCCC.CCCCC.CCCCC.CCCCC.CCCCCC.CCCCCC.CCCCCC. The Morgan fingerprint density at radius 2 is 0.167 bits per heavy atom. The van der Waals surface area contributed by atoms with Gasteiger partial charge in [-0.25, -0.2) is 0 Å². The second-order valence-electron chi connectivity index (χ2n) is 14.5. The molecule has 0 unspecified atom stereocenters. The molecule has 0 saturated carbocycles. The fraction of sp³-hybridized carbons (Fsp3) is 1.00. The lowest BCUT2D eigenvalue weighted by Gasteiger charge is -1.86. The summed E-state index contributed by atoms with van der Waals surface area (Å²) in [5.74, 6) is 0. The fourth-order valence-corrected chi connectivity index (χ4v) is 2.91. The van der Waals surface area contributed by atoms with Crippen molar-refractivity contribution in [2.45, 2.75) is 358 Å². The molecular weight excluding hydrogens is 649 g/mol. The zero-order valence-electron chi connectivity index (χ0n) is 44.6. The van der Waals surface area contributed by atoms with Crippen LogP contribution >= 0.6 is 0 Å². The molecule has 0 aliphatic carbocycles. The van der Waals surface area contributed by atoms with Gasteiger partial charge in [0.2, 0.25) is 0 Å². The highest BCUT2D eigenvalue weighted by Gasteiger charge is 1.77. The maximum atomic E-state index is 2.23. The minimum absolute atomic E-state index is 1.32. The summed E-state index contributed by atoms with van der Waals surface area (Å²) < 4.78 is 0. The second-order valence-corrected chi connectivity index (χ2v) is 14.5. The lowest BCUT2D eigenvalue weighted by molar-refractivity contribution is 0.702. The molecular formula is C54H130. The summed E-state index contributed by atoms with van der Waals surface area (Å²) in [4.78, 5) is 0. The van der Waals surface area contributed by atoms with Crippen molar-refractivity contribution in [3.63, 3.8) is 0 Å². The van der Waals surface area contributed by atoms with Gasteiger partial charge in [0.25, 0.3) is 0 Å². The molecule has 0 aliphatic rings. The Bertz CT molecular complexity index is 233. The third-order valence-corrected chi connectivity index (χ3v) is 7.70. The van der Waals surface area contributed by atoms with Crippen molar-refractivity contribution >= 4 is 0 Å². The van der Waals surface area contributed by atoms with Gasteiger partial charge in [0.05, 0.1) is 0 Å².